The van der Waals surface area contributed by atoms with E-state index in [2.05, 4.69) is 26.0 Å². The quantitative estimate of drug-likeness (QED) is 0.585. The summed E-state index contributed by atoms with van der Waals surface area (Å²) in [4.78, 5) is 27.5. The van der Waals surface area contributed by atoms with Gasteiger partial charge in [0.25, 0.3) is 5.56 Å². The van der Waals surface area contributed by atoms with Gasteiger partial charge in [-0.15, -0.1) is 11.3 Å². The van der Waals surface area contributed by atoms with Crippen molar-refractivity contribution in [3.8, 4) is 0 Å². The van der Waals surface area contributed by atoms with Gasteiger partial charge in [0.15, 0.2) is 10.8 Å². The van der Waals surface area contributed by atoms with E-state index in [9.17, 15) is 4.79 Å². The molecule has 1 N–H and O–H groups in total. The summed E-state index contributed by atoms with van der Waals surface area (Å²) in [6, 6.07) is 4.09. The third-order valence-corrected chi connectivity index (χ3v) is 4.20. The molecule has 0 spiro atoms. The molecule has 0 bridgehead atoms. The van der Waals surface area contributed by atoms with Crippen molar-refractivity contribution in [2.75, 3.05) is 0 Å². The molecule has 0 atom stereocenters. The predicted molar refractivity (Wildman–Crippen MR) is 71.8 cm³/mol. The number of rotatable bonds is 3. The highest BCUT2D eigenvalue weighted by molar-refractivity contribution is 7.98. The fourth-order valence-corrected chi connectivity index (χ4v) is 3.01. The van der Waals surface area contributed by atoms with Gasteiger partial charge in [0, 0.05) is 10.6 Å². The number of thiophene rings is 1. The monoisotopic (exact) mass is 276 g/mol. The molecule has 18 heavy (non-hydrogen) atoms. The van der Waals surface area contributed by atoms with Crippen LogP contribution in [-0.4, -0.2) is 19.9 Å². The summed E-state index contributed by atoms with van der Waals surface area (Å²) in [5.74, 6) is 0.827. The standard InChI is InChI=1S/C11H8N4OS2/c16-9-5-12-8-4-13-11(15-10(8)14-9)18-6-7-2-1-3-17-7/h1-5H,6H2,(H,13,14,15,16). The van der Waals surface area contributed by atoms with Gasteiger partial charge in [-0.3, -0.25) is 4.79 Å². The normalized spacial score (nSPS) is 10.9. The smallest absolute Gasteiger partial charge is 0.268 e. The van der Waals surface area contributed by atoms with Crippen molar-refractivity contribution < 1.29 is 0 Å². The Morgan fingerprint density at radius 3 is 3.11 bits per heavy atom. The summed E-state index contributed by atoms with van der Waals surface area (Å²) < 4.78 is 0. The molecule has 7 heteroatoms. The highest BCUT2D eigenvalue weighted by atomic mass is 32.2. The fraction of sp³-hybridized carbons (Fsp3) is 0.0909. The molecule has 3 aromatic heterocycles. The average Bonchev–Trinajstić information content (AvgIpc) is 2.89. The molecular formula is C11H8N4OS2. The van der Waals surface area contributed by atoms with Crippen molar-refractivity contribution in [1.82, 2.24) is 19.9 Å². The van der Waals surface area contributed by atoms with Crippen LogP contribution < -0.4 is 5.56 Å². The van der Waals surface area contributed by atoms with Crippen molar-refractivity contribution in [1.29, 1.82) is 0 Å². The predicted octanol–water partition coefficient (Wildman–Crippen LogP) is 2.07. The average molecular weight is 276 g/mol. The number of aromatic nitrogens is 4. The topological polar surface area (TPSA) is 71.5 Å². The second kappa shape index (κ2) is 4.87. The molecule has 3 aromatic rings. The number of aromatic amines is 1. The minimum atomic E-state index is -0.254. The third-order valence-electron chi connectivity index (χ3n) is 2.23. The van der Waals surface area contributed by atoms with Crippen molar-refractivity contribution >= 4 is 34.3 Å². The maximum Gasteiger partial charge on any atom is 0.268 e. The molecule has 0 saturated carbocycles. The van der Waals surface area contributed by atoms with Gasteiger partial charge in [-0.1, -0.05) is 17.8 Å². The van der Waals surface area contributed by atoms with Gasteiger partial charge in [0.05, 0.1) is 12.4 Å². The number of nitrogens with zero attached hydrogens (tertiary/aromatic N) is 3. The minimum absolute atomic E-state index is 0.254. The number of thioether (sulfide) groups is 1. The van der Waals surface area contributed by atoms with Crippen molar-refractivity contribution in [2.45, 2.75) is 10.9 Å². The van der Waals surface area contributed by atoms with E-state index in [0.717, 1.165) is 5.75 Å². The molecule has 0 unspecified atom stereocenters. The number of hydrogen-bond acceptors (Lipinski definition) is 6. The molecular weight excluding hydrogens is 268 g/mol. The first kappa shape index (κ1) is 11.4. The highest BCUT2D eigenvalue weighted by Gasteiger charge is 2.03. The maximum atomic E-state index is 11.2. The Bertz CT molecular complexity index is 723. The van der Waals surface area contributed by atoms with Crippen LogP contribution in [0, 0.1) is 0 Å². The summed E-state index contributed by atoms with van der Waals surface area (Å²) in [7, 11) is 0. The Morgan fingerprint density at radius 1 is 1.33 bits per heavy atom. The van der Waals surface area contributed by atoms with Crippen LogP contribution in [0.1, 0.15) is 4.88 Å². The summed E-state index contributed by atoms with van der Waals surface area (Å²) in [6.07, 6.45) is 2.85. The van der Waals surface area contributed by atoms with Gasteiger partial charge in [0.1, 0.15) is 5.52 Å². The Balaban J connectivity index is 1.86. The summed E-state index contributed by atoms with van der Waals surface area (Å²) in [5, 5.41) is 2.68. The molecule has 0 amide bonds. The molecule has 90 valence electrons. The second-order valence-corrected chi connectivity index (χ2v) is 5.48. The lowest BCUT2D eigenvalue weighted by Crippen LogP contribution is -2.06. The number of H-pyrrole nitrogens is 1. The SMILES string of the molecule is O=c1cnc2cnc(SCc3cccs3)nc2[nH]1. The van der Waals surface area contributed by atoms with E-state index >= 15 is 0 Å². The van der Waals surface area contributed by atoms with E-state index in [-0.39, 0.29) is 5.56 Å². The lowest BCUT2D eigenvalue weighted by Gasteiger charge is -1.99. The largest absolute Gasteiger partial charge is 0.304 e. The van der Waals surface area contributed by atoms with Crippen LogP contribution in [-0.2, 0) is 5.75 Å². The van der Waals surface area contributed by atoms with E-state index in [0.29, 0.717) is 16.3 Å². The first-order chi connectivity index (χ1) is 8.81. The Hall–Kier alpha value is -1.73. The van der Waals surface area contributed by atoms with Crippen LogP contribution >= 0.6 is 23.1 Å². The van der Waals surface area contributed by atoms with Crippen LogP contribution in [0.4, 0.5) is 0 Å². The van der Waals surface area contributed by atoms with Gasteiger partial charge >= 0.3 is 0 Å². The Morgan fingerprint density at radius 2 is 2.28 bits per heavy atom. The van der Waals surface area contributed by atoms with Gasteiger partial charge in [-0.2, -0.15) is 0 Å². The third kappa shape index (κ3) is 2.41. The molecule has 0 aliphatic heterocycles. The number of hydrogen-bond donors (Lipinski definition) is 1. The molecule has 0 aromatic carbocycles. The van der Waals surface area contributed by atoms with E-state index in [1.807, 2.05) is 11.4 Å². The van der Waals surface area contributed by atoms with Crippen LogP contribution in [0.15, 0.2) is 39.9 Å². The van der Waals surface area contributed by atoms with Gasteiger partial charge < -0.3 is 4.98 Å². The molecule has 5 nitrogen and oxygen atoms in total. The Kier molecular flexibility index (Phi) is 3.07. The van der Waals surface area contributed by atoms with Crippen LogP contribution in [0.3, 0.4) is 0 Å². The first-order valence-corrected chi connectivity index (χ1v) is 7.05. The van der Waals surface area contributed by atoms with Gasteiger partial charge in [-0.25, -0.2) is 15.0 Å². The molecule has 0 saturated heterocycles. The zero-order valence-corrected chi connectivity index (χ0v) is 10.8. The van der Waals surface area contributed by atoms with E-state index in [4.69, 9.17) is 0 Å². The zero-order valence-electron chi connectivity index (χ0n) is 9.16. The van der Waals surface area contributed by atoms with E-state index in [1.165, 1.54) is 22.8 Å². The van der Waals surface area contributed by atoms with Crippen molar-refractivity contribution in [3.63, 3.8) is 0 Å². The first-order valence-electron chi connectivity index (χ1n) is 5.18. The summed E-state index contributed by atoms with van der Waals surface area (Å²) in [5.41, 5.74) is 0.816. The zero-order chi connectivity index (χ0) is 12.4. The Labute approximate surface area is 110 Å². The highest BCUT2D eigenvalue weighted by Crippen LogP contribution is 2.22. The molecule has 0 fully saturated rings. The summed E-state index contributed by atoms with van der Waals surface area (Å²) in [6.45, 7) is 0. The van der Waals surface area contributed by atoms with Crippen LogP contribution in [0.25, 0.3) is 11.2 Å². The number of nitrogens with one attached hydrogen (secondary N) is 1. The lowest BCUT2D eigenvalue weighted by molar-refractivity contribution is 0.972. The second-order valence-electron chi connectivity index (χ2n) is 3.50. The van der Waals surface area contributed by atoms with Gasteiger partial charge in [-0.05, 0) is 11.4 Å². The number of fused-ring (bicyclic) bond motifs is 1. The van der Waals surface area contributed by atoms with Crippen molar-refractivity contribution in [2.24, 2.45) is 0 Å². The molecule has 3 heterocycles. The summed E-state index contributed by atoms with van der Waals surface area (Å²) >= 11 is 3.24. The van der Waals surface area contributed by atoms with Crippen LogP contribution in [0.5, 0.6) is 0 Å². The van der Waals surface area contributed by atoms with Gasteiger partial charge in [0.2, 0.25) is 0 Å². The fourth-order valence-electron chi connectivity index (χ4n) is 1.42. The molecule has 0 radical (unpaired) electrons. The van der Waals surface area contributed by atoms with E-state index in [1.54, 1.807) is 17.5 Å². The van der Waals surface area contributed by atoms with Crippen molar-refractivity contribution in [3.05, 3.63) is 45.1 Å². The minimum Gasteiger partial charge on any atom is -0.304 e. The lowest BCUT2D eigenvalue weighted by atomic mass is 10.5. The molecule has 0 aliphatic rings. The maximum absolute atomic E-state index is 11.2. The van der Waals surface area contributed by atoms with E-state index < -0.39 is 0 Å². The molecule has 3 rings (SSSR count). The van der Waals surface area contributed by atoms with Crippen LogP contribution in [0.2, 0.25) is 0 Å². The molecule has 0 aliphatic carbocycles.